The Morgan fingerprint density at radius 3 is 2.43 bits per heavy atom. The van der Waals surface area contributed by atoms with Crippen molar-refractivity contribution in [1.82, 2.24) is 9.78 Å². The Bertz CT molecular complexity index is 448. The highest BCUT2D eigenvalue weighted by Crippen LogP contribution is 2.24. The molecule has 0 saturated carbocycles. The molecule has 0 bridgehead atoms. The predicted octanol–water partition coefficient (Wildman–Crippen LogP) is 1.81. The van der Waals surface area contributed by atoms with Crippen molar-refractivity contribution in [3.05, 3.63) is 36.1 Å². The highest BCUT2D eigenvalue weighted by Gasteiger charge is 2.14. The lowest BCUT2D eigenvalue weighted by Gasteiger charge is -1.94. The van der Waals surface area contributed by atoms with Gasteiger partial charge in [0.1, 0.15) is 5.69 Å². The summed E-state index contributed by atoms with van der Waals surface area (Å²) in [4.78, 5) is 0. The Labute approximate surface area is 81.0 Å². The minimum Gasteiger partial charge on any atom is -0.381 e. The van der Waals surface area contributed by atoms with Gasteiger partial charge in [0.2, 0.25) is 0 Å². The van der Waals surface area contributed by atoms with Crippen LogP contribution in [-0.4, -0.2) is 9.78 Å². The van der Waals surface area contributed by atoms with Gasteiger partial charge in [-0.3, -0.25) is 0 Å². The molecule has 72 valence electrons. The Hall–Kier alpha value is -1.84. The molecule has 0 saturated heterocycles. The number of anilines is 1. The minimum atomic E-state index is -0.460. The summed E-state index contributed by atoms with van der Waals surface area (Å²) < 4.78 is 14.8. The van der Waals surface area contributed by atoms with Crippen LogP contribution in [-0.2, 0) is 7.05 Å². The van der Waals surface area contributed by atoms with Crippen LogP contribution in [0.25, 0.3) is 11.3 Å². The van der Waals surface area contributed by atoms with Gasteiger partial charge in [0.15, 0.2) is 11.6 Å². The van der Waals surface area contributed by atoms with Crippen molar-refractivity contribution >= 4 is 5.82 Å². The second-order valence-corrected chi connectivity index (χ2v) is 3.04. The van der Waals surface area contributed by atoms with Crippen molar-refractivity contribution in [3.63, 3.8) is 0 Å². The van der Waals surface area contributed by atoms with Gasteiger partial charge in [-0.25, -0.2) is 9.07 Å². The molecule has 0 aliphatic carbocycles. The van der Waals surface area contributed by atoms with Gasteiger partial charge in [-0.05, 0) is 0 Å². The van der Waals surface area contributed by atoms with E-state index in [0.717, 1.165) is 5.56 Å². The third-order valence-electron chi connectivity index (χ3n) is 2.08. The molecular formula is C10H10FN3. The molecule has 4 heteroatoms. The topological polar surface area (TPSA) is 43.8 Å². The van der Waals surface area contributed by atoms with Crippen LogP contribution in [0.5, 0.6) is 0 Å². The van der Waals surface area contributed by atoms with Crippen LogP contribution in [0.4, 0.5) is 10.2 Å². The zero-order chi connectivity index (χ0) is 10.1. The van der Waals surface area contributed by atoms with Crippen molar-refractivity contribution in [2.24, 2.45) is 7.05 Å². The molecule has 3 nitrogen and oxygen atoms in total. The summed E-state index contributed by atoms with van der Waals surface area (Å²) in [5.41, 5.74) is 6.50. The van der Waals surface area contributed by atoms with Crippen LogP contribution in [0.2, 0.25) is 0 Å². The SMILES string of the molecule is Cn1nc(-c2ccccc2)c(F)c1N. The number of hydrogen-bond acceptors (Lipinski definition) is 2. The maximum Gasteiger partial charge on any atom is 0.192 e. The Morgan fingerprint density at radius 1 is 1.29 bits per heavy atom. The largest absolute Gasteiger partial charge is 0.381 e. The number of rotatable bonds is 1. The Morgan fingerprint density at radius 2 is 1.93 bits per heavy atom. The molecule has 1 aromatic carbocycles. The molecule has 0 amide bonds. The van der Waals surface area contributed by atoms with Gasteiger partial charge in [0.05, 0.1) is 0 Å². The van der Waals surface area contributed by atoms with Crippen molar-refractivity contribution in [1.29, 1.82) is 0 Å². The number of nitrogen functional groups attached to an aromatic ring is 1. The quantitative estimate of drug-likeness (QED) is 0.747. The van der Waals surface area contributed by atoms with Crippen LogP contribution < -0.4 is 5.73 Å². The summed E-state index contributed by atoms with van der Waals surface area (Å²) >= 11 is 0. The molecular weight excluding hydrogens is 181 g/mol. The number of nitrogens with two attached hydrogens (primary N) is 1. The van der Waals surface area contributed by atoms with Crippen molar-refractivity contribution in [2.45, 2.75) is 0 Å². The highest BCUT2D eigenvalue weighted by atomic mass is 19.1. The van der Waals surface area contributed by atoms with Gasteiger partial charge in [0.25, 0.3) is 0 Å². The molecule has 0 spiro atoms. The van der Waals surface area contributed by atoms with Crippen LogP contribution in [0.1, 0.15) is 0 Å². The van der Waals surface area contributed by atoms with Gasteiger partial charge in [0, 0.05) is 12.6 Å². The molecule has 0 aliphatic heterocycles. The lowest BCUT2D eigenvalue weighted by atomic mass is 10.1. The molecule has 14 heavy (non-hydrogen) atoms. The van der Waals surface area contributed by atoms with E-state index in [1.807, 2.05) is 18.2 Å². The number of halogens is 1. The van der Waals surface area contributed by atoms with E-state index < -0.39 is 5.82 Å². The number of benzene rings is 1. The molecule has 0 unspecified atom stereocenters. The fourth-order valence-corrected chi connectivity index (χ4v) is 1.29. The lowest BCUT2D eigenvalue weighted by molar-refractivity contribution is 0.634. The smallest absolute Gasteiger partial charge is 0.192 e. The van der Waals surface area contributed by atoms with Crippen LogP contribution in [0.15, 0.2) is 30.3 Å². The van der Waals surface area contributed by atoms with Gasteiger partial charge in [-0.15, -0.1) is 0 Å². The number of nitrogens with zero attached hydrogens (tertiary/aromatic N) is 2. The molecule has 2 N–H and O–H groups in total. The summed E-state index contributed by atoms with van der Waals surface area (Å²) in [5.74, 6) is -0.400. The van der Waals surface area contributed by atoms with E-state index >= 15 is 0 Å². The van der Waals surface area contributed by atoms with E-state index in [9.17, 15) is 4.39 Å². The molecule has 1 aromatic heterocycles. The number of aryl methyl sites for hydroxylation is 1. The summed E-state index contributed by atoms with van der Waals surface area (Å²) in [6.07, 6.45) is 0. The molecule has 2 rings (SSSR count). The summed E-state index contributed by atoms with van der Waals surface area (Å²) in [7, 11) is 1.62. The summed E-state index contributed by atoms with van der Waals surface area (Å²) in [6, 6.07) is 9.13. The molecule has 1 heterocycles. The maximum absolute atomic E-state index is 13.5. The van der Waals surface area contributed by atoms with Gasteiger partial charge in [-0.1, -0.05) is 30.3 Å². The monoisotopic (exact) mass is 191 g/mol. The fourth-order valence-electron chi connectivity index (χ4n) is 1.29. The summed E-state index contributed by atoms with van der Waals surface area (Å²) in [6.45, 7) is 0. The standard InChI is InChI=1S/C10H10FN3/c1-14-10(12)8(11)9(13-14)7-5-3-2-4-6-7/h2-6H,12H2,1H3. The highest BCUT2D eigenvalue weighted by molar-refractivity contribution is 5.63. The second kappa shape index (κ2) is 3.14. The maximum atomic E-state index is 13.5. The van der Waals surface area contributed by atoms with Crippen LogP contribution in [0.3, 0.4) is 0 Å². The zero-order valence-corrected chi connectivity index (χ0v) is 7.74. The van der Waals surface area contributed by atoms with E-state index in [1.54, 1.807) is 19.2 Å². The van der Waals surface area contributed by atoms with Crippen molar-refractivity contribution in [2.75, 3.05) is 5.73 Å². The first-order valence-corrected chi connectivity index (χ1v) is 4.23. The van der Waals surface area contributed by atoms with Crippen LogP contribution >= 0.6 is 0 Å². The molecule has 0 radical (unpaired) electrons. The minimum absolute atomic E-state index is 0.0591. The first-order chi connectivity index (χ1) is 6.70. The Balaban J connectivity index is 2.58. The van der Waals surface area contributed by atoms with Gasteiger partial charge < -0.3 is 5.73 Å². The normalized spacial score (nSPS) is 10.4. The number of hydrogen-bond donors (Lipinski definition) is 1. The molecule has 2 aromatic rings. The van der Waals surface area contributed by atoms with E-state index in [-0.39, 0.29) is 5.82 Å². The Kier molecular flexibility index (Phi) is 1.96. The van der Waals surface area contributed by atoms with E-state index in [1.165, 1.54) is 4.68 Å². The van der Waals surface area contributed by atoms with E-state index in [4.69, 9.17) is 5.73 Å². The first kappa shape index (κ1) is 8.74. The molecule has 0 fully saturated rings. The predicted molar refractivity (Wildman–Crippen MR) is 53.0 cm³/mol. The van der Waals surface area contributed by atoms with Gasteiger partial charge in [-0.2, -0.15) is 5.10 Å². The average Bonchev–Trinajstić information content (AvgIpc) is 2.47. The second-order valence-electron chi connectivity index (χ2n) is 3.04. The van der Waals surface area contributed by atoms with Crippen molar-refractivity contribution < 1.29 is 4.39 Å². The third-order valence-corrected chi connectivity index (χ3v) is 2.08. The first-order valence-electron chi connectivity index (χ1n) is 4.23. The molecule has 0 aliphatic rings. The summed E-state index contributed by atoms with van der Waals surface area (Å²) in [5, 5.41) is 4.00. The average molecular weight is 191 g/mol. The number of aromatic nitrogens is 2. The zero-order valence-electron chi connectivity index (χ0n) is 7.74. The third kappa shape index (κ3) is 1.25. The van der Waals surface area contributed by atoms with Crippen molar-refractivity contribution in [3.8, 4) is 11.3 Å². The fraction of sp³-hybridized carbons (Fsp3) is 0.100. The lowest BCUT2D eigenvalue weighted by Crippen LogP contribution is -1.97. The van der Waals surface area contributed by atoms with Crippen LogP contribution in [0, 0.1) is 5.82 Å². The van der Waals surface area contributed by atoms with E-state index in [2.05, 4.69) is 5.10 Å². The van der Waals surface area contributed by atoms with Gasteiger partial charge >= 0.3 is 0 Å². The van der Waals surface area contributed by atoms with E-state index in [0.29, 0.717) is 5.69 Å². The molecule has 0 atom stereocenters.